The van der Waals surface area contributed by atoms with Crippen LogP contribution < -0.4 is 5.73 Å². The van der Waals surface area contributed by atoms with Gasteiger partial charge in [0.25, 0.3) is 5.91 Å². The quantitative estimate of drug-likeness (QED) is 0.757. The third kappa shape index (κ3) is 3.48. The minimum absolute atomic E-state index is 0.0568. The Kier molecular flexibility index (Phi) is 4.12. The highest BCUT2D eigenvalue weighted by Gasteiger charge is 2.36. The van der Waals surface area contributed by atoms with Crippen LogP contribution in [0.1, 0.15) is 16.9 Å². The maximum atomic E-state index is 12.4. The summed E-state index contributed by atoms with van der Waals surface area (Å²) in [6, 6.07) is 2.36. The number of hydrogen-bond acceptors (Lipinski definition) is 6. The fraction of sp³-hybridized carbons (Fsp3) is 0.417. The number of sulfone groups is 1. The molecule has 1 atom stereocenters. The van der Waals surface area contributed by atoms with E-state index in [1.807, 2.05) is 0 Å². The Balaban J connectivity index is 2.30. The van der Waals surface area contributed by atoms with E-state index in [4.69, 9.17) is 10.8 Å². The third-order valence-corrected chi connectivity index (χ3v) is 5.01. The minimum Gasteiger partial charge on any atom is -0.480 e. The molecule has 1 saturated heterocycles. The molecule has 0 spiro atoms. The summed E-state index contributed by atoms with van der Waals surface area (Å²) in [5.41, 5.74) is 5.72. The van der Waals surface area contributed by atoms with Crippen molar-refractivity contribution in [3.63, 3.8) is 0 Å². The third-order valence-electron chi connectivity index (χ3n) is 3.26. The van der Waals surface area contributed by atoms with E-state index in [9.17, 15) is 18.0 Å². The lowest BCUT2D eigenvalue weighted by atomic mass is 10.2. The van der Waals surface area contributed by atoms with Gasteiger partial charge in [0.1, 0.15) is 6.54 Å². The van der Waals surface area contributed by atoms with E-state index < -0.39 is 34.3 Å². The molecule has 1 aliphatic heterocycles. The monoisotopic (exact) mass is 313 g/mol. The van der Waals surface area contributed by atoms with Crippen LogP contribution in [0.4, 0.5) is 5.69 Å². The Hall–Kier alpha value is -2.16. The van der Waals surface area contributed by atoms with Gasteiger partial charge in [-0.3, -0.25) is 9.59 Å². The maximum absolute atomic E-state index is 12.4. The summed E-state index contributed by atoms with van der Waals surface area (Å²) in [6.07, 6.45) is 1.59. The molecule has 1 fully saturated rings. The average Bonchev–Trinajstić information content (AvgIpc) is 2.76. The number of rotatable bonds is 4. The van der Waals surface area contributed by atoms with Gasteiger partial charge in [0.2, 0.25) is 0 Å². The van der Waals surface area contributed by atoms with Crippen LogP contribution in [-0.2, 0) is 14.6 Å². The SMILES string of the molecule is Nc1cccnc1C(=O)N(CC(=O)O)C1CCS(=O)(=O)C1. The molecule has 0 aliphatic carbocycles. The molecule has 3 N–H and O–H groups in total. The van der Waals surface area contributed by atoms with Crippen molar-refractivity contribution >= 4 is 27.4 Å². The van der Waals surface area contributed by atoms with Crippen molar-refractivity contribution < 1.29 is 23.1 Å². The van der Waals surface area contributed by atoms with Gasteiger partial charge in [-0.2, -0.15) is 0 Å². The van der Waals surface area contributed by atoms with E-state index in [2.05, 4.69) is 4.98 Å². The van der Waals surface area contributed by atoms with Crippen molar-refractivity contribution in [1.29, 1.82) is 0 Å². The van der Waals surface area contributed by atoms with Crippen molar-refractivity contribution in [2.75, 3.05) is 23.8 Å². The summed E-state index contributed by atoms with van der Waals surface area (Å²) in [5.74, 6) is -2.18. The zero-order valence-electron chi connectivity index (χ0n) is 11.1. The van der Waals surface area contributed by atoms with Crippen LogP contribution in [0.25, 0.3) is 0 Å². The number of aromatic nitrogens is 1. The number of carboxylic acids is 1. The summed E-state index contributed by atoms with van der Waals surface area (Å²) >= 11 is 0. The van der Waals surface area contributed by atoms with Crippen LogP contribution in [-0.4, -0.2) is 59.4 Å². The Labute approximate surface area is 121 Å². The smallest absolute Gasteiger partial charge is 0.323 e. The van der Waals surface area contributed by atoms with Crippen molar-refractivity contribution in [2.45, 2.75) is 12.5 Å². The first kappa shape index (κ1) is 15.2. The lowest BCUT2D eigenvalue weighted by Gasteiger charge is -2.26. The molecule has 1 aromatic heterocycles. The number of carbonyl (C=O) groups is 2. The number of aliphatic carboxylic acids is 1. The number of anilines is 1. The largest absolute Gasteiger partial charge is 0.480 e. The van der Waals surface area contributed by atoms with Crippen LogP contribution in [0.3, 0.4) is 0 Å². The highest BCUT2D eigenvalue weighted by atomic mass is 32.2. The minimum atomic E-state index is -3.24. The van der Waals surface area contributed by atoms with Crippen molar-refractivity contribution in [1.82, 2.24) is 9.88 Å². The average molecular weight is 313 g/mol. The number of nitrogens with two attached hydrogens (primary N) is 1. The molecule has 114 valence electrons. The summed E-state index contributed by atoms with van der Waals surface area (Å²) in [5, 5.41) is 8.94. The van der Waals surface area contributed by atoms with Gasteiger partial charge in [0.05, 0.1) is 17.2 Å². The molecule has 21 heavy (non-hydrogen) atoms. The predicted octanol–water partition coefficient (Wildman–Crippen LogP) is -0.622. The normalized spacial score (nSPS) is 20.1. The Morgan fingerprint density at radius 1 is 1.48 bits per heavy atom. The summed E-state index contributed by atoms with van der Waals surface area (Å²) in [7, 11) is -3.24. The van der Waals surface area contributed by atoms with Crippen LogP contribution >= 0.6 is 0 Å². The Bertz CT molecular complexity index is 673. The van der Waals surface area contributed by atoms with E-state index in [0.29, 0.717) is 0 Å². The van der Waals surface area contributed by atoms with Gasteiger partial charge in [0, 0.05) is 12.2 Å². The van der Waals surface area contributed by atoms with Gasteiger partial charge < -0.3 is 15.7 Å². The van der Waals surface area contributed by atoms with Gasteiger partial charge in [-0.25, -0.2) is 13.4 Å². The van der Waals surface area contributed by atoms with Crippen LogP contribution in [0.15, 0.2) is 18.3 Å². The van der Waals surface area contributed by atoms with Gasteiger partial charge in [-0.05, 0) is 18.6 Å². The standard InChI is InChI=1S/C12H15N3O5S/c13-9-2-1-4-14-11(9)12(18)15(6-10(16)17)8-3-5-21(19,20)7-8/h1-2,4,8H,3,5-7,13H2,(H,16,17). The highest BCUT2D eigenvalue weighted by molar-refractivity contribution is 7.91. The molecule has 0 aromatic carbocycles. The topological polar surface area (TPSA) is 131 Å². The van der Waals surface area contributed by atoms with Gasteiger partial charge in [-0.1, -0.05) is 0 Å². The maximum Gasteiger partial charge on any atom is 0.323 e. The second-order valence-electron chi connectivity index (χ2n) is 4.82. The molecule has 2 rings (SSSR count). The zero-order chi connectivity index (χ0) is 15.6. The lowest BCUT2D eigenvalue weighted by molar-refractivity contribution is -0.138. The van der Waals surface area contributed by atoms with Crippen molar-refractivity contribution in [2.24, 2.45) is 0 Å². The highest BCUT2D eigenvalue weighted by Crippen LogP contribution is 2.21. The lowest BCUT2D eigenvalue weighted by Crippen LogP contribution is -2.44. The summed E-state index contributed by atoms with van der Waals surface area (Å²) < 4.78 is 23.1. The van der Waals surface area contributed by atoms with Gasteiger partial charge >= 0.3 is 5.97 Å². The van der Waals surface area contributed by atoms with Crippen LogP contribution in [0.5, 0.6) is 0 Å². The summed E-state index contributed by atoms with van der Waals surface area (Å²) in [4.78, 5) is 28.3. The molecule has 0 saturated carbocycles. The van der Waals surface area contributed by atoms with Crippen LogP contribution in [0.2, 0.25) is 0 Å². The molecule has 1 unspecified atom stereocenters. The second-order valence-corrected chi connectivity index (χ2v) is 7.05. The molecular weight excluding hydrogens is 298 g/mol. The Morgan fingerprint density at radius 3 is 2.71 bits per heavy atom. The molecule has 8 nitrogen and oxygen atoms in total. The fourth-order valence-electron chi connectivity index (χ4n) is 2.27. The zero-order valence-corrected chi connectivity index (χ0v) is 11.9. The predicted molar refractivity (Wildman–Crippen MR) is 74.4 cm³/mol. The van der Waals surface area contributed by atoms with Crippen molar-refractivity contribution in [3.8, 4) is 0 Å². The number of nitrogen functional groups attached to an aromatic ring is 1. The number of carboxylic acid groups (broad SMARTS) is 1. The first-order chi connectivity index (χ1) is 9.80. The Morgan fingerprint density at radius 2 is 2.19 bits per heavy atom. The number of carbonyl (C=O) groups excluding carboxylic acids is 1. The number of pyridine rings is 1. The van der Waals surface area contributed by atoms with E-state index in [1.165, 1.54) is 12.3 Å². The molecule has 0 bridgehead atoms. The van der Waals surface area contributed by atoms with E-state index >= 15 is 0 Å². The van der Waals surface area contributed by atoms with Crippen molar-refractivity contribution in [3.05, 3.63) is 24.0 Å². The van der Waals surface area contributed by atoms with Gasteiger partial charge in [-0.15, -0.1) is 0 Å². The van der Waals surface area contributed by atoms with Crippen LogP contribution in [0, 0.1) is 0 Å². The van der Waals surface area contributed by atoms with E-state index in [0.717, 1.165) is 4.90 Å². The summed E-state index contributed by atoms with van der Waals surface area (Å²) in [6.45, 7) is -0.588. The molecular formula is C12H15N3O5S. The number of hydrogen-bond donors (Lipinski definition) is 2. The second kappa shape index (κ2) is 5.68. The molecule has 9 heteroatoms. The molecule has 1 aromatic rings. The number of nitrogens with zero attached hydrogens (tertiary/aromatic N) is 2. The number of amides is 1. The molecule has 1 amide bonds. The first-order valence-electron chi connectivity index (χ1n) is 6.24. The fourth-order valence-corrected chi connectivity index (χ4v) is 4.00. The molecule has 1 aliphatic rings. The first-order valence-corrected chi connectivity index (χ1v) is 8.06. The van der Waals surface area contributed by atoms with E-state index in [1.54, 1.807) is 6.07 Å². The molecule has 0 radical (unpaired) electrons. The van der Waals surface area contributed by atoms with E-state index in [-0.39, 0.29) is 29.3 Å². The van der Waals surface area contributed by atoms with Gasteiger partial charge in [0.15, 0.2) is 15.5 Å². The molecule has 2 heterocycles.